The van der Waals surface area contributed by atoms with Crippen molar-refractivity contribution in [2.24, 2.45) is 0 Å². The van der Waals surface area contributed by atoms with E-state index in [1.807, 2.05) is 0 Å². The van der Waals surface area contributed by atoms with Crippen molar-refractivity contribution >= 4 is 17.5 Å². The highest BCUT2D eigenvalue weighted by atomic mass is 35.5. The van der Waals surface area contributed by atoms with Crippen LogP contribution in [-0.4, -0.2) is 55.1 Å². The molecule has 5 nitrogen and oxygen atoms in total. The fourth-order valence-electron chi connectivity index (χ4n) is 3.99. The number of amides is 1. The summed E-state index contributed by atoms with van der Waals surface area (Å²) in [6, 6.07) is 3.85. The van der Waals surface area contributed by atoms with Crippen LogP contribution in [0.3, 0.4) is 0 Å². The Morgan fingerprint density at radius 2 is 2.07 bits per heavy atom. The number of alkyl halides is 3. The summed E-state index contributed by atoms with van der Waals surface area (Å²) in [6.07, 6.45) is -2.42. The first-order valence-electron chi connectivity index (χ1n) is 9.55. The van der Waals surface area contributed by atoms with E-state index in [1.165, 1.54) is 12.1 Å². The molecule has 2 aliphatic rings. The zero-order valence-electron chi connectivity index (χ0n) is 15.7. The van der Waals surface area contributed by atoms with E-state index in [-0.39, 0.29) is 35.4 Å². The first-order valence-corrected chi connectivity index (χ1v) is 9.93. The van der Waals surface area contributed by atoms with Crippen molar-refractivity contribution in [3.8, 4) is 5.75 Å². The molecule has 1 aliphatic carbocycles. The van der Waals surface area contributed by atoms with Crippen molar-refractivity contribution < 1.29 is 31.8 Å². The summed E-state index contributed by atoms with van der Waals surface area (Å²) in [7, 11) is 0. The zero-order chi connectivity index (χ0) is 21.0. The van der Waals surface area contributed by atoms with Gasteiger partial charge in [0, 0.05) is 24.7 Å². The first-order chi connectivity index (χ1) is 13.7. The highest BCUT2D eigenvalue weighted by molar-refractivity contribution is 6.30. The average Bonchev–Trinajstić information content (AvgIpc) is 3.09. The van der Waals surface area contributed by atoms with Crippen LogP contribution in [0.2, 0.25) is 5.02 Å². The van der Waals surface area contributed by atoms with Crippen molar-refractivity contribution in [3.05, 3.63) is 29.0 Å². The smallest absolute Gasteiger partial charge is 0.484 e. The van der Waals surface area contributed by atoms with Crippen molar-refractivity contribution in [3.63, 3.8) is 0 Å². The number of likely N-dealkylation sites (tertiary alicyclic amines) is 1. The molecule has 1 saturated heterocycles. The van der Waals surface area contributed by atoms with Gasteiger partial charge in [-0.05, 0) is 50.8 Å². The molecule has 0 radical (unpaired) electrons. The van der Waals surface area contributed by atoms with E-state index in [2.05, 4.69) is 15.0 Å². The van der Waals surface area contributed by atoms with Crippen LogP contribution in [0.4, 0.5) is 17.6 Å². The Balaban J connectivity index is 1.43. The molecule has 10 heteroatoms. The van der Waals surface area contributed by atoms with Crippen LogP contribution < -0.4 is 10.1 Å². The summed E-state index contributed by atoms with van der Waals surface area (Å²) in [5.41, 5.74) is 0. The molecule has 1 N–H and O–H groups in total. The lowest BCUT2D eigenvalue weighted by atomic mass is 10.0. The van der Waals surface area contributed by atoms with E-state index in [0.29, 0.717) is 25.8 Å². The van der Waals surface area contributed by atoms with Crippen LogP contribution in [0.5, 0.6) is 5.75 Å². The molecule has 1 aromatic rings. The van der Waals surface area contributed by atoms with Crippen LogP contribution >= 0.6 is 11.6 Å². The highest BCUT2D eigenvalue weighted by Gasteiger charge is 2.39. The number of carbonyl (C=O) groups is 1. The van der Waals surface area contributed by atoms with E-state index >= 15 is 0 Å². The van der Waals surface area contributed by atoms with Gasteiger partial charge in [-0.25, -0.2) is 4.39 Å². The van der Waals surface area contributed by atoms with E-state index in [1.54, 1.807) is 0 Å². The SMILES string of the molecule is O=C(COc1ccc(Cl)c(F)c1)N[C@H]1CCCN(C2CCC(OC(F)(F)F)C2)C1. The summed E-state index contributed by atoms with van der Waals surface area (Å²) in [4.78, 5) is 14.3. The maximum Gasteiger partial charge on any atom is 0.522 e. The summed E-state index contributed by atoms with van der Waals surface area (Å²) in [5.74, 6) is -0.761. The minimum Gasteiger partial charge on any atom is -0.484 e. The third-order valence-corrected chi connectivity index (χ3v) is 5.56. The van der Waals surface area contributed by atoms with E-state index in [0.717, 1.165) is 25.5 Å². The van der Waals surface area contributed by atoms with E-state index in [4.69, 9.17) is 16.3 Å². The van der Waals surface area contributed by atoms with Crippen LogP contribution in [0.25, 0.3) is 0 Å². The lowest BCUT2D eigenvalue weighted by molar-refractivity contribution is -0.341. The van der Waals surface area contributed by atoms with Crippen LogP contribution in [0.15, 0.2) is 18.2 Å². The number of halogens is 5. The second kappa shape index (κ2) is 9.49. The van der Waals surface area contributed by atoms with Gasteiger partial charge in [-0.3, -0.25) is 14.4 Å². The maximum absolute atomic E-state index is 13.4. The van der Waals surface area contributed by atoms with Crippen molar-refractivity contribution in [2.45, 2.75) is 56.7 Å². The van der Waals surface area contributed by atoms with Crippen LogP contribution in [0.1, 0.15) is 32.1 Å². The molecule has 1 saturated carbocycles. The molecule has 0 spiro atoms. The molecule has 0 bridgehead atoms. The number of carbonyl (C=O) groups excluding carboxylic acids is 1. The Bertz CT molecular complexity index is 719. The van der Waals surface area contributed by atoms with Crippen LogP contribution in [-0.2, 0) is 9.53 Å². The Labute approximate surface area is 171 Å². The Hall–Kier alpha value is -1.58. The molecule has 2 unspecified atom stereocenters. The predicted octanol–water partition coefficient (Wildman–Crippen LogP) is 3.90. The molecule has 29 heavy (non-hydrogen) atoms. The normalized spacial score (nSPS) is 25.8. The molecule has 2 fully saturated rings. The first kappa shape index (κ1) is 22.1. The molecule has 3 rings (SSSR count). The largest absolute Gasteiger partial charge is 0.522 e. The number of rotatable bonds is 6. The van der Waals surface area contributed by atoms with Gasteiger partial charge in [0.25, 0.3) is 5.91 Å². The lowest BCUT2D eigenvalue weighted by Gasteiger charge is -2.37. The van der Waals surface area contributed by atoms with Crippen molar-refractivity contribution in [1.82, 2.24) is 10.2 Å². The number of nitrogens with zero attached hydrogens (tertiary/aromatic N) is 1. The second-order valence-corrected chi connectivity index (χ2v) is 7.83. The molecule has 1 heterocycles. The summed E-state index contributed by atoms with van der Waals surface area (Å²) in [5, 5.41) is 2.85. The number of piperidine rings is 1. The summed E-state index contributed by atoms with van der Waals surface area (Å²) < 4.78 is 60.0. The minimum atomic E-state index is -4.61. The summed E-state index contributed by atoms with van der Waals surface area (Å²) in [6.45, 7) is 1.10. The number of benzene rings is 1. The fourth-order valence-corrected chi connectivity index (χ4v) is 4.10. The lowest BCUT2D eigenvalue weighted by Crippen LogP contribution is -2.51. The average molecular weight is 439 g/mol. The minimum absolute atomic E-state index is 0.0235. The van der Waals surface area contributed by atoms with Gasteiger partial charge in [-0.1, -0.05) is 11.6 Å². The van der Waals surface area contributed by atoms with E-state index < -0.39 is 18.3 Å². The monoisotopic (exact) mass is 438 g/mol. The van der Waals surface area contributed by atoms with Gasteiger partial charge in [0.15, 0.2) is 6.61 Å². The molecule has 3 atom stereocenters. The number of hydrogen-bond acceptors (Lipinski definition) is 4. The number of nitrogens with one attached hydrogen (secondary N) is 1. The molecular weight excluding hydrogens is 416 g/mol. The quantitative estimate of drug-likeness (QED) is 0.684. The zero-order valence-corrected chi connectivity index (χ0v) is 16.4. The van der Waals surface area contributed by atoms with Gasteiger partial charge < -0.3 is 10.1 Å². The summed E-state index contributed by atoms with van der Waals surface area (Å²) >= 11 is 5.60. The topological polar surface area (TPSA) is 50.8 Å². The molecule has 162 valence electrons. The third kappa shape index (κ3) is 6.72. The van der Waals surface area contributed by atoms with Crippen molar-refractivity contribution in [2.75, 3.05) is 19.7 Å². The number of hydrogen-bond donors (Lipinski definition) is 1. The van der Waals surface area contributed by atoms with Gasteiger partial charge in [0.1, 0.15) is 11.6 Å². The molecule has 1 aromatic carbocycles. The Morgan fingerprint density at radius 3 is 2.79 bits per heavy atom. The van der Waals surface area contributed by atoms with Crippen molar-refractivity contribution in [1.29, 1.82) is 0 Å². The Kier molecular flexibility index (Phi) is 7.23. The van der Waals surface area contributed by atoms with Gasteiger partial charge in [-0.15, -0.1) is 13.2 Å². The number of ether oxygens (including phenoxy) is 2. The van der Waals surface area contributed by atoms with Gasteiger partial charge in [0.05, 0.1) is 11.1 Å². The standard InChI is InChI=1S/C19H23ClF4N2O3/c20-16-6-5-14(9-17(16)21)28-11-18(27)25-12-2-1-7-26(10-12)13-3-4-15(8-13)29-19(22,23)24/h5-6,9,12-13,15H,1-4,7-8,10-11H2,(H,25,27)/t12-,13?,15?/m0/s1. The highest BCUT2D eigenvalue weighted by Crippen LogP contribution is 2.32. The fraction of sp³-hybridized carbons (Fsp3) is 0.632. The molecule has 1 aliphatic heterocycles. The molecule has 0 aromatic heterocycles. The maximum atomic E-state index is 13.4. The Morgan fingerprint density at radius 1 is 1.28 bits per heavy atom. The third-order valence-electron chi connectivity index (χ3n) is 5.25. The van der Waals surface area contributed by atoms with Gasteiger partial charge in [0.2, 0.25) is 0 Å². The van der Waals surface area contributed by atoms with Gasteiger partial charge in [-0.2, -0.15) is 0 Å². The van der Waals surface area contributed by atoms with E-state index in [9.17, 15) is 22.4 Å². The predicted molar refractivity (Wildman–Crippen MR) is 98.2 cm³/mol. The van der Waals surface area contributed by atoms with Gasteiger partial charge >= 0.3 is 6.36 Å². The molecular formula is C19H23ClF4N2O3. The molecule has 1 amide bonds. The second-order valence-electron chi connectivity index (χ2n) is 7.42. The van der Waals surface area contributed by atoms with Crippen LogP contribution in [0, 0.1) is 5.82 Å².